The molecule has 1 aromatic heterocycles. The maximum absolute atomic E-state index is 2.39. The zero-order chi connectivity index (χ0) is 12.0. The third-order valence-electron chi connectivity index (χ3n) is 2.46. The Balaban J connectivity index is 0.000000386. The van der Waals surface area contributed by atoms with Crippen molar-refractivity contribution in [3.05, 3.63) is 30.6 Å². The average molecular weight is 556 g/mol. The van der Waals surface area contributed by atoms with Gasteiger partial charge in [0, 0.05) is 0 Å². The molecule has 0 aliphatic carbocycles. The third-order valence-corrected chi connectivity index (χ3v) is 2.46. The van der Waals surface area contributed by atoms with Gasteiger partial charge in [0.15, 0.2) is 11.0 Å². The predicted molar refractivity (Wildman–Crippen MR) is 81.5 cm³/mol. The van der Waals surface area contributed by atoms with E-state index >= 15 is 0 Å². The number of fused-ring (bicyclic) bond motifs is 1. The Bertz CT molecular complexity index is 402. The van der Waals surface area contributed by atoms with Crippen molar-refractivity contribution in [1.82, 2.24) is 4.57 Å². The van der Waals surface area contributed by atoms with E-state index in [1.54, 1.807) is 0 Å². The Morgan fingerprint density at radius 1 is 1.25 bits per heavy atom. The fraction of sp³-hybridized carbons (Fsp3) is 0.364. The molecule has 2 rings (SSSR count). The van der Waals surface area contributed by atoms with Crippen molar-refractivity contribution in [2.24, 2.45) is 0 Å². The zero-order valence-electron chi connectivity index (χ0n) is 9.33. The number of halogens is 3. The van der Waals surface area contributed by atoms with Gasteiger partial charge in [0.2, 0.25) is 6.33 Å². The van der Waals surface area contributed by atoms with E-state index in [2.05, 4.69) is 90.8 Å². The Labute approximate surface area is 126 Å². The summed E-state index contributed by atoms with van der Waals surface area (Å²) in [6.07, 6.45) is 2.19. The molecule has 0 N–H and O–H groups in total. The minimum atomic E-state index is 0.530. The van der Waals surface area contributed by atoms with Gasteiger partial charge in [0.1, 0.15) is 0 Å². The number of rotatable bonds is 2. The molecule has 0 radical (unpaired) electrons. The molecule has 1 heterocycles. The van der Waals surface area contributed by atoms with Gasteiger partial charge in [0.25, 0.3) is 0 Å². The number of aryl methyl sites for hydroxylation is 2. The fourth-order valence-corrected chi connectivity index (χ4v) is 1.75. The Hall–Kier alpha value is 0.880. The van der Waals surface area contributed by atoms with Crippen LogP contribution in [0.5, 0.6) is 0 Å². The topological polar surface area (TPSA) is 8.81 Å². The molecule has 0 aliphatic rings. The molecular formula is C11H15I3N2. The summed E-state index contributed by atoms with van der Waals surface area (Å²) in [6.45, 7) is 6.42. The number of hydrogen-bond acceptors (Lipinski definition) is 0. The van der Waals surface area contributed by atoms with Gasteiger partial charge in [-0.3, -0.25) is 0 Å². The number of aromatic nitrogens is 2. The molecule has 2 aromatic rings. The molecule has 16 heavy (non-hydrogen) atoms. The van der Waals surface area contributed by atoms with Crippen LogP contribution >= 0.6 is 37.2 Å². The van der Waals surface area contributed by atoms with Crippen molar-refractivity contribution in [2.45, 2.75) is 26.9 Å². The number of benzene rings is 1. The second-order valence-corrected chi connectivity index (χ2v) is 19.5. The predicted octanol–water partition coefficient (Wildman–Crippen LogP) is 0.744. The molecule has 0 amide bonds. The molecule has 1 aromatic carbocycles. The maximum atomic E-state index is 2.39. The van der Waals surface area contributed by atoms with Gasteiger partial charge in [-0.2, -0.15) is 0 Å². The van der Waals surface area contributed by atoms with E-state index in [0.717, 1.165) is 13.1 Å². The molecule has 0 aliphatic heterocycles. The van der Waals surface area contributed by atoms with Crippen LogP contribution in [0.4, 0.5) is 0 Å². The summed E-state index contributed by atoms with van der Waals surface area (Å²) in [4.78, 5) is 0. The average Bonchev–Trinajstić information content (AvgIpc) is 2.68. The van der Waals surface area contributed by atoms with Crippen molar-refractivity contribution in [2.75, 3.05) is 0 Å². The van der Waals surface area contributed by atoms with Gasteiger partial charge in [0.05, 0.1) is 13.1 Å². The van der Waals surface area contributed by atoms with E-state index in [-0.39, 0.29) is 0 Å². The van der Waals surface area contributed by atoms with E-state index in [4.69, 9.17) is 0 Å². The first-order valence-corrected chi connectivity index (χ1v) is 17.7. The van der Waals surface area contributed by atoms with Crippen LogP contribution in [0.25, 0.3) is 11.0 Å². The molecule has 0 atom stereocenters. The van der Waals surface area contributed by atoms with Crippen molar-refractivity contribution < 1.29 is 17.8 Å². The first-order chi connectivity index (χ1) is 7.78. The van der Waals surface area contributed by atoms with E-state index in [0.29, 0.717) is 13.3 Å². The van der Waals surface area contributed by atoms with Crippen LogP contribution in [-0.2, 0) is 13.1 Å². The quantitative estimate of drug-likeness (QED) is 0.382. The summed E-state index contributed by atoms with van der Waals surface area (Å²) < 4.78 is 4.55. The Kier molecular flexibility index (Phi) is 7.53. The van der Waals surface area contributed by atoms with E-state index < -0.39 is 0 Å². The third kappa shape index (κ3) is 3.69. The fourth-order valence-electron chi connectivity index (χ4n) is 1.75. The van der Waals surface area contributed by atoms with Crippen LogP contribution < -0.4 is 17.8 Å². The molecule has 0 fully saturated rings. The van der Waals surface area contributed by atoms with Crippen LogP contribution in [0.1, 0.15) is 13.8 Å². The van der Waals surface area contributed by atoms with Crippen LogP contribution in [0, 0.1) is 0 Å². The summed E-state index contributed by atoms with van der Waals surface area (Å²) in [5, 5.41) is 0. The molecule has 0 spiro atoms. The van der Waals surface area contributed by atoms with Gasteiger partial charge in [-0.1, -0.05) is 12.1 Å². The molecule has 0 bridgehead atoms. The Morgan fingerprint density at radius 2 is 1.88 bits per heavy atom. The van der Waals surface area contributed by atoms with Crippen LogP contribution in [0.3, 0.4) is 0 Å². The van der Waals surface area contributed by atoms with Gasteiger partial charge in [-0.05, 0) is 26.0 Å². The van der Waals surface area contributed by atoms with E-state index in [9.17, 15) is 0 Å². The zero-order valence-corrected chi connectivity index (χ0v) is 15.8. The molecule has 0 saturated heterocycles. The summed E-state index contributed by atoms with van der Waals surface area (Å²) in [5.41, 5.74) is 2.65. The second-order valence-electron chi connectivity index (χ2n) is 3.23. The van der Waals surface area contributed by atoms with Gasteiger partial charge >= 0.3 is 50.5 Å². The summed E-state index contributed by atoms with van der Waals surface area (Å²) in [6, 6.07) is 8.53. The monoisotopic (exact) mass is 556 g/mol. The molecule has 0 saturated carbocycles. The van der Waals surface area contributed by atoms with Crippen molar-refractivity contribution in [1.29, 1.82) is 0 Å². The molecular weight excluding hydrogens is 541 g/mol. The number of imidazole rings is 1. The van der Waals surface area contributed by atoms with Crippen LogP contribution in [0.2, 0.25) is 0 Å². The molecule has 5 heteroatoms. The first kappa shape index (κ1) is 14.9. The normalized spacial score (nSPS) is 10.2. The van der Waals surface area contributed by atoms with Crippen molar-refractivity contribution in [3.8, 4) is 0 Å². The number of para-hydroxylation sites is 2. The summed E-state index contributed by atoms with van der Waals surface area (Å²) in [7, 11) is 0. The molecule has 90 valence electrons. The van der Waals surface area contributed by atoms with Gasteiger partial charge < -0.3 is 0 Å². The first-order valence-electron chi connectivity index (χ1n) is 5.12. The minimum absolute atomic E-state index is 0.530. The molecule has 0 unspecified atom stereocenters. The van der Waals surface area contributed by atoms with E-state index in [1.807, 2.05) is 0 Å². The summed E-state index contributed by atoms with van der Waals surface area (Å²) >= 11 is 5.30. The van der Waals surface area contributed by atoms with Crippen molar-refractivity contribution >= 4 is 48.3 Å². The SMILES string of the molecule is CCn1c[n+](CC)c2ccccc21.I[I-]I. The molecule has 2 nitrogen and oxygen atoms in total. The summed E-state index contributed by atoms with van der Waals surface area (Å²) in [5.74, 6) is 0. The van der Waals surface area contributed by atoms with E-state index in [1.165, 1.54) is 11.0 Å². The Morgan fingerprint density at radius 3 is 2.44 bits per heavy atom. The number of nitrogens with zero attached hydrogens (tertiary/aromatic N) is 2. The standard InChI is InChI=1S/C11H15N2.I3/c1-3-12-9-13(4-2)11-8-6-5-7-10(11)12;1-3-2/h5-9H,3-4H2,1-2H3;/q+1;-1. The van der Waals surface area contributed by atoms with Crippen LogP contribution in [0.15, 0.2) is 30.6 Å². The van der Waals surface area contributed by atoms with Gasteiger partial charge in [-0.15, -0.1) is 0 Å². The second kappa shape index (κ2) is 8.06. The number of hydrogen-bond donors (Lipinski definition) is 0. The van der Waals surface area contributed by atoms with Gasteiger partial charge in [-0.25, -0.2) is 9.13 Å². The van der Waals surface area contributed by atoms with Crippen molar-refractivity contribution in [3.63, 3.8) is 0 Å². The van der Waals surface area contributed by atoms with Crippen LogP contribution in [-0.4, -0.2) is 4.57 Å².